The van der Waals surface area contributed by atoms with Crippen molar-refractivity contribution in [3.8, 4) is 0 Å². The summed E-state index contributed by atoms with van der Waals surface area (Å²) in [5, 5.41) is 5.84. The van der Waals surface area contributed by atoms with E-state index in [-0.39, 0.29) is 18.4 Å². The topological polar surface area (TPSA) is 64.7 Å². The first-order chi connectivity index (χ1) is 14.7. The van der Waals surface area contributed by atoms with Crippen molar-refractivity contribution in [3.05, 3.63) is 60.2 Å². The van der Waals surface area contributed by atoms with Crippen molar-refractivity contribution in [2.75, 3.05) is 36.0 Å². The van der Waals surface area contributed by atoms with Crippen LogP contribution in [0.2, 0.25) is 0 Å². The molecule has 2 aromatic rings. The zero-order valence-corrected chi connectivity index (χ0v) is 17.3. The molecule has 2 amide bonds. The van der Waals surface area contributed by atoms with Gasteiger partial charge in [0.25, 0.3) is 0 Å². The molecule has 2 N–H and O–H groups in total. The average molecular weight is 407 g/mol. The number of benzene rings is 2. The van der Waals surface area contributed by atoms with Gasteiger partial charge in [-0.25, -0.2) is 0 Å². The maximum absolute atomic E-state index is 12.8. The molecule has 30 heavy (non-hydrogen) atoms. The summed E-state index contributed by atoms with van der Waals surface area (Å²) in [5.74, 6) is -0.158. The van der Waals surface area contributed by atoms with Crippen LogP contribution in [0.4, 0.5) is 11.4 Å². The Kier molecular flexibility index (Phi) is 6.52. The molecule has 0 bridgehead atoms. The molecule has 1 fully saturated rings. The van der Waals surface area contributed by atoms with Gasteiger partial charge in [-0.15, -0.1) is 0 Å². The van der Waals surface area contributed by atoms with E-state index in [0.717, 1.165) is 50.3 Å². The van der Waals surface area contributed by atoms with Gasteiger partial charge < -0.3 is 20.4 Å². The third kappa shape index (κ3) is 4.93. The van der Waals surface area contributed by atoms with Gasteiger partial charge in [-0.3, -0.25) is 9.59 Å². The van der Waals surface area contributed by atoms with E-state index in [4.69, 9.17) is 0 Å². The first-order valence-electron chi connectivity index (χ1n) is 10.9. The highest BCUT2D eigenvalue weighted by atomic mass is 16.2. The molecule has 0 aromatic heterocycles. The lowest BCUT2D eigenvalue weighted by atomic mass is 10.1. The molecule has 158 valence electrons. The van der Waals surface area contributed by atoms with E-state index in [9.17, 15) is 9.59 Å². The Hall–Kier alpha value is -3.02. The van der Waals surface area contributed by atoms with Gasteiger partial charge >= 0.3 is 0 Å². The summed E-state index contributed by atoms with van der Waals surface area (Å²) in [4.78, 5) is 29.5. The largest absolute Gasteiger partial charge is 0.365 e. The van der Waals surface area contributed by atoms with Crippen molar-refractivity contribution in [1.29, 1.82) is 0 Å². The highest BCUT2D eigenvalue weighted by Crippen LogP contribution is 2.33. The number of nitrogens with zero attached hydrogens (tertiary/aromatic N) is 2. The first kappa shape index (κ1) is 20.3. The molecule has 0 aliphatic carbocycles. The summed E-state index contributed by atoms with van der Waals surface area (Å²) in [7, 11) is 0. The summed E-state index contributed by atoms with van der Waals surface area (Å²) in [6, 6.07) is 18.3. The maximum Gasteiger partial charge on any atom is 0.242 e. The number of amides is 2. The van der Waals surface area contributed by atoms with E-state index in [2.05, 4.69) is 62.9 Å². The summed E-state index contributed by atoms with van der Waals surface area (Å²) >= 11 is 0. The van der Waals surface area contributed by atoms with Crippen molar-refractivity contribution in [1.82, 2.24) is 10.6 Å². The molecule has 0 radical (unpaired) electrons. The van der Waals surface area contributed by atoms with Crippen LogP contribution in [-0.2, 0) is 16.1 Å². The average Bonchev–Trinajstić information content (AvgIpc) is 3.06. The van der Waals surface area contributed by atoms with Crippen LogP contribution in [0.3, 0.4) is 0 Å². The van der Waals surface area contributed by atoms with Gasteiger partial charge in [0.15, 0.2) is 0 Å². The van der Waals surface area contributed by atoms with Crippen molar-refractivity contribution >= 4 is 23.2 Å². The lowest BCUT2D eigenvalue weighted by Crippen LogP contribution is -2.48. The molecule has 2 aliphatic heterocycles. The van der Waals surface area contributed by atoms with Crippen LogP contribution >= 0.6 is 0 Å². The number of hydrogen-bond donors (Lipinski definition) is 2. The van der Waals surface area contributed by atoms with E-state index in [1.54, 1.807) is 0 Å². The molecule has 1 atom stereocenters. The Morgan fingerprint density at radius 2 is 1.63 bits per heavy atom. The minimum atomic E-state index is -0.420. The van der Waals surface area contributed by atoms with Crippen LogP contribution in [-0.4, -0.2) is 44.0 Å². The number of fused-ring (bicyclic) bond motifs is 1. The van der Waals surface area contributed by atoms with E-state index in [0.29, 0.717) is 13.0 Å². The number of anilines is 2. The zero-order chi connectivity index (χ0) is 20.8. The molecule has 1 saturated heterocycles. The Morgan fingerprint density at radius 1 is 0.933 bits per heavy atom. The number of hydrogen-bond acceptors (Lipinski definition) is 4. The van der Waals surface area contributed by atoms with Crippen LogP contribution in [0.1, 0.15) is 31.2 Å². The van der Waals surface area contributed by atoms with Gasteiger partial charge in [0.2, 0.25) is 11.8 Å². The van der Waals surface area contributed by atoms with E-state index >= 15 is 0 Å². The predicted molar refractivity (Wildman–Crippen MR) is 120 cm³/mol. The van der Waals surface area contributed by atoms with Crippen LogP contribution in [0, 0.1) is 0 Å². The van der Waals surface area contributed by atoms with Gasteiger partial charge in [-0.1, -0.05) is 42.5 Å². The number of carbonyl (C=O) groups is 2. The van der Waals surface area contributed by atoms with E-state index < -0.39 is 6.04 Å². The molecule has 2 heterocycles. The van der Waals surface area contributed by atoms with Crippen LogP contribution in [0.5, 0.6) is 0 Å². The Bertz CT molecular complexity index is 871. The summed E-state index contributed by atoms with van der Waals surface area (Å²) in [6.45, 7) is 3.56. The second-order valence-corrected chi connectivity index (χ2v) is 8.08. The Balaban J connectivity index is 1.47. The van der Waals surface area contributed by atoms with Crippen LogP contribution in [0.25, 0.3) is 0 Å². The fourth-order valence-corrected chi connectivity index (χ4v) is 4.31. The number of nitrogens with one attached hydrogen (secondary N) is 2. The fourth-order valence-electron chi connectivity index (χ4n) is 4.31. The Labute approximate surface area is 178 Å². The molecule has 2 aromatic carbocycles. The summed E-state index contributed by atoms with van der Waals surface area (Å²) in [5.41, 5.74) is 3.50. The van der Waals surface area contributed by atoms with E-state index in [1.807, 2.05) is 12.1 Å². The van der Waals surface area contributed by atoms with Crippen molar-refractivity contribution in [3.63, 3.8) is 0 Å². The first-order valence-corrected chi connectivity index (χ1v) is 10.9. The molecule has 0 spiro atoms. The van der Waals surface area contributed by atoms with Gasteiger partial charge in [-0.2, -0.15) is 0 Å². The maximum atomic E-state index is 12.8. The van der Waals surface area contributed by atoms with Gasteiger partial charge in [-0.05, 0) is 43.4 Å². The zero-order valence-electron chi connectivity index (χ0n) is 17.3. The van der Waals surface area contributed by atoms with Crippen molar-refractivity contribution in [2.45, 2.75) is 38.3 Å². The highest BCUT2D eigenvalue weighted by Gasteiger charge is 2.25. The normalized spacial score (nSPS) is 19.3. The number of carbonyl (C=O) groups excluding carboxylic acids is 2. The molecule has 0 unspecified atom stereocenters. The summed E-state index contributed by atoms with van der Waals surface area (Å²) < 4.78 is 0. The molecule has 6 heteroatoms. The lowest BCUT2D eigenvalue weighted by Gasteiger charge is -2.28. The summed E-state index contributed by atoms with van der Waals surface area (Å²) in [6.07, 6.45) is 3.59. The third-order valence-corrected chi connectivity index (χ3v) is 5.84. The predicted octanol–water partition coefficient (Wildman–Crippen LogP) is 2.69. The number of rotatable bonds is 5. The minimum absolute atomic E-state index is 0.0637. The van der Waals surface area contributed by atoms with Crippen molar-refractivity contribution in [2.24, 2.45) is 0 Å². The van der Waals surface area contributed by atoms with Gasteiger partial charge in [0, 0.05) is 26.2 Å². The van der Waals surface area contributed by atoms with Gasteiger partial charge in [0.05, 0.1) is 17.9 Å². The molecular weight excluding hydrogens is 376 g/mol. The van der Waals surface area contributed by atoms with Gasteiger partial charge in [0.1, 0.15) is 6.04 Å². The SMILES string of the molecule is O=C(CN1CCCN(Cc2ccccc2)c2ccccc21)N[C@H]1CCCCNC1=O. The van der Waals surface area contributed by atoms with Crippen LogP contribution in [0.15, 0.2) is 54.6 Å². The quantitative estimate of drug-likeness (QED) is 0.801. The third-order valence-electron chi connectivity index (χ3n) is 5.84. The smallest absolute Gasteiger partial charge is 0.242 e. The minimum Gasteiger partial charge on any atom is -0.365 e. The second-order valence-electron chi connectivity index (χ2n) is 8.08. The molecule has 4 rings (SSSR count). The molecular formula is C24H30N4O2. The van der Waals surface area contributed by atoms with Crippen molar-refractivity contribution < 1.29 is 9.59 Å². The van der Waals surface area contributed by atoms with Crippen LogP contribution < -0.4 is 20.4 Å². The van der Waals surface area contributed by atoms with E-state index in [1.165, 1.54) is 5.56 Å². The number of para-hydroxylation sites is 2. The monoisotopic (exact) mass is 406 g/mol. The highest BCUT2D eigenvalue weighted by molar-refractivity contribution is 5.90. The molecule has 2 aliphatic rings. The molecule has 6 nitrogen and oxygen atoms in total. The fraction of sp³-hybridized carbons (Fsp3) is 0.417. The second kappa shape index (κ2) is 9.65. The standard InChI is InChI=1S/C24H30N4O2/c29-23(26-20-11-6-7-14-25-24(20)30)18-28-16-8-15-27(17-19-9-2-1-3-10-19)21-12-4-5-13-22(21)28/h1-5,9-10,12-13,20H,6-8,11,14-18H2,(H,25,30)(H,26,29)/t20-/m0/s1. The Morgan fingerprint density at radius 3 is 2.43 bits per heavy atom. The lowest BCUT2D eigenvalue weighted by molar-refractivity contribution is -0.128. The molecule has 0 saturated carbocycles.